The number of benzene rings is 1. The first-order valence-electron chi connectivity index (χ1n) is 6.22. The molecule has 0 N–H and O–H groups in total. The minimum absolute atomic E-state index is 0.0443. The number of hydrogen-bond donors (Lipinski definition) is 0. The Hall–Kier alpha value is -2.23. The molecule has 1 fully saturated rings. The van der Waals surface area contributed by atoms with Crippen LogP contribution in [0.15, 0.2) is 35.9 Å². The summed E-state index contributed by atoms with van der Waals surface area (Å²) in [6.45, 7) is 3.40. The summed E-state index contributed by atoms with van der Waals surface area (Å²) in [7, 11) is 0. The van der Waals surface area contributed by atoms with Crippen molar-refractivity contribution in [2.45, 2.75) is 26.7 Å². The number of Topliss-reactive ketones (excluding diaryl/α,β-unsaturated/α-hetero) is 1. The molecule has 1 aliphatic rings. The molecule has 0 saturated carbocycles. The van der Waals surface area contributed by atoms with Crippen molar-refractivity contribution in [2.24, 2.45) is 0 Å². The fourth-order valence-electron chi connectivity index (χ4n) is 2.09. The van der Waals surface area contributed by atoms with Crippen LogP contribution in [0.5, 0.6) is 0 Å². The minimum atomic E-state index is -0.262. The van der Waals surface area contributed by atoms with Crippen LogP contribution in [-0.2, 0) is 9.59 Å². The first kappa shape index (κ1) is 13.2. The molecular formula is C15H15NO3. The van der Waals surface area contributed by atoms with Crippen LogP contribution in [0.4, 0.5) is 5.69 Å². The third kappa shape index (κ3) is 2.47. The van der Waals surface area contributed by atoms with Gasteiger partial charge in [0, 0.05) is 11.1 Å². The van der Waals surface area contributed by atoms with Gasteiger partial charge in [-0.15, -0.1) is 0 Å². The quantitative estimate of drug-likeness (QED) is 0.475. The Morgan fingerprint density at radius 2 is 1.89 bits per heavy atom. The fourth-order valence-corrected chi connectivity index (χ4v) is 2.09. The number of imide groups is 1. The number of carbonyl (C=O) groups excluding carboxylic acids is 3. The number of anilines is 1. The topological polar surface area (TPSA) is 54.5 Å². The molecule has 1 heterocycles. The van der Waals surface area contributed by atoms with Crippen LogP contribution in [0.3, 0.4) is 0 Å². The predicted molar refractivity (Wildman–Crippen MR) is 71.9 cm³/mol. The van der Waals surface area contributed by atoms with Crippen LogP contribution in [0.1, 0.15) is 37.0 Å². The number of rotatable bonds is 3. The monoisotopic (exact) mass is 257 g/mol. The van der Waals surface area contributed by atoms with Gasteiger partial charge in [0.1, 0.15) is 0 Å². The Labute approximate surface area is 111 Å². The van der Waals surface area contributed by atoms with Crippen molar-refractivity contribution in [3.05, 3.63) is 41.5 Å². The molecule has 0 spiro atoms. The van der Waals surface area contributed by atoms with Gasteiger partial charge in [-0.05, 0) is 37.6 Å². The Kier molecular flexibility index (Phi) is 3.60. The van der Waals surface area contributed by atoms with Gasteiger partial charge >= 0.3 is 0 Å². The van der Waals surface area contributed by atoms with Crippen molar-refractivity contribution in [2.75, 3.05) is 4.90 Å². The van der Waals surface area contributed by atoms with Crippen LogP contribution in [-0.4, -0.2) is 17.6 Å². The van der Waals surface area contributed by atoms with Gasteiger partial charge in [-0.25, -0.2) is 4.90 Å². The van der Waals surface area contributed by atoms with Gasteiger partial charge in [0.25, 0.3) is 5.91 Å². The Balaban J connectivity index is 2.31. The van der Waals surface area contributed by atoms with E-state index in [2.05, 4.69) is 0 Å². The third-order valence-electron chi connectivity index (χ3n) is 3.05. The second kappa shape index (κ2) is 5.18. The second-order valence-electron chi connectivity index (χ2n) is 4.45. The van der Waals surface area contributed by atoms with Gasteiger partial charge in [-0.2, -0.15) is 0 Å². The van der Waals surface area contributed by atoms with Crippen LogP contribution >= 0.6 is 0 Å². The predicted octanol–water partition coefficient (Wildman–Crippen LogP) is 2.49. The zero-order chi connectivity index (χ0) is 14.0. The van der Waals surface area contributed by atoms with E-state index in [0.29, 0.717) is 16.8 Å². The smallest absolute Gasteiger partial charge is 0.261 e. The summed E-state index contributed by atoms with van der Waals surface area (Å²) in [5.41, 5.74) is 1.62. The molecule has 0 aromatic heterocycles. The third-order valence-corrected chi connectivity index (χ3v) is 3.05. The molecule has 1 saturated heterocycles. The number of allylic oxidation sites excluding steroid dienone is 1. The molecule has 1 aromatic rings. The molecule has 0 atom stereocenters. The standard InChI is InChI=1S/C15H15NO3/c1-3-4-12-9-14(18)16(15(12)19)13-7-5-11(6-8-13)10(2)17/h4-8H,3,9H2,1-2H3. The largest absolute Gasteiger partial charge is 0.295 e. The highest BCUT2D eigenvalue weighted by Crippen LogP contribution is 2.26. The minimum Gasteiger partial charge on any atom is -0.295 e. The van der Waals surface area contributed by atoms with E-state index in [9.17, 15) is 14.4 Å². The van der Waals surface area contributed by atoms with E-state index >= 15 is 0 Å². The molecule has 0 unspecified atom stereocenters. The average Bonchev–Trinajstić information content (AvgIpc) is 2.65. The molecule has 19 heavy (non-hydrogen) atoms. The zero-order valence-electron chi connectivity index (χ0n) is 11.0. The first-order chi connectivity index (χ1) is 9.04. The summed E-state index contributed by atoms with van der Waals surface area (Å²) in [4.78, 5) is 36.3. The number of ketones is 1. The van der Waals surface area contributed by atoms with Crippen LogP contribution in [0.2, 0.25) is 0 Å². The molecule has 2 amide bonds. The SMILES string of the molecule is CCC=C1CC(=O)N(c2ccc(C(C)=O)cc2)C1=O. The van der Waals surface area contributed by atoms with Crippen molar-refractivity contribution in [3.63, 3.8) is 0 Å². The molecule has 0 aliphatic carbocycles. The van der Waals surface area contributed by atoms with Crippen LogP contribution in [0, 0.1) is 0 Å². The zero-order valence-corrected chi connectivity index (χ0v) is 11.0. The van der Waals surface area contributed by atoms with E-state index in [4.69, 9.17) is 0 Å². The molecule has 4 nitrogen and oxygen atoms in total. The highest BCUT2D eigenvalue weighted by atomic mass is 16.2. The van der Waals surface area contributed by atoms with Gasteiger partial charge in [0.05, 0.1) is 12.1 Å². The van der Waals surface area contributed by atoms with E-state index in [1.165, 1.54) is 11.8 Å². The van der Waals surface area contributed by atoms with Gasteiger partial charge in [0.15, 0.2) is 5.78 Å². The highest BCUT2D eigenvalue weighted by molar-refractivity contribution is 6.28. The van der Waals surface area contributed by atoms with Crippen molar-refractivity contribution in [1.29, 1.82) is 0 Å². The molecule has 4 heteroatoms. The number of nitrogens with zero attached hydrogens (tertiary/aromatic N) is 1. The van der Waals surface area contributed by atoms with Crippen molar-refractivity contribution in [1.82, 2.24) is 0 Å². The van der Waals surface area contributed by atoms with E-state index in [1.54, 1.807) is 30.3 Å². The second-order valence-corrected chi connectivity index (χ2v) is 4.45. The summed E-state index contributed by atoms with van der Waals surface area (Å²) < 4.78 is 0. The van der Waals surface area contributed by atoms with E-state index in [-0.39, 0.29) is 24.0 Å². The summed E-state index contributed by atoms with van der Waals surface area (Å²) in [6, 6.07) is 6.50. The number of hydrogen-bond acceptors (Lipinski definition) is 3. The lowest BCUT2D eigenvalue weighted by Crippen LogP contribution is -2.28. The molecular weight excluding hydrogens is 242 g/mol. The molecule has 0 radical (unpaired) electrons. The molecule has 1 aliphatic heterocycles. The lowest BCUT2D eigenvalue weighted by Gasteiger charge is -2.13. The molecule has 98 valence electrons. The maximum Gasteiger partial charge on any atom is 0.261 e. The van der Waals surface area contributed by atoms with Gasteiger partial charge < -0.3 is 0 Å². The van der Waals surface area contributed by atoms with Crippen molar-refractivity contribution in [3.8, 4) is 0 Å². The summed E-state index contributed by atoms with van der Waals surface area (Å²) in [5, 5.41) is 0. The van der Waals surface area contributed by atoms with Crippen LogP contribution in [0.25, 0.3) is 0 Å². The molecule has 0 bridgehead atoms. The number of carbonyl (C=O) groups is 3. The summed E-state index contributed by atoms with van der Waals surface area (Å²) >= 11 is 0. The maximum absolute atomic E-state index is 12.1. The average molecular weight is 257 g/mol. The van der Waals surface area contributed by atoms with E-state index < -0.39 is 0 Å². The van der Waals surface area contributed by atoms with Crippen molar-refractivity contribution < 1.29 is 14.4 Å². The van der Waals surface area contributed by atoms with Gasteiger partial charge in [-0.3, -0.25) is 14.4 Å². The molecule has 2 rings (SSSR count). The Morgan fingerprint density at radius 3 is 2.42 bits per heavy atom. The lowest BCUT2D eigenvalue weighted by molar-refractivity contribution is -0.120. The van der Waals surface area contributed by atoms with E-state index in [0.717, 1.165) is 6.42 Å². The maximum atomic E-state index is 12.1. The van der Waals surface area contributed by atoms with Gasteiger partial charge in [-0.1, -0.05) is 13.0 Å². The normalized spacial score (nSPS) is 17.4. The van der Waals surface area contributed by atoms with Crippen molar-refractivity contribution >= 4 is 23.3 Å². The summed E-state index contributed by atoms with van der Waals surface area (Å²) in [6.07, 6.45) is 2.66. The fraction of sp³-hybridized carbons (Fsp3) is 0.267. The Bertz CT molecular complexity index is 570. The number of amides is 2. The van der Waals surface area contributed by atoms with E-state index in [1.807, 2.05) is 6.92 Å². The lowest BCUT2D eigenvalue weighted by atomic mass is 10.1. The first-order valence-corrected chi connectivity index (χ1v) is 6.22. The summed E-state index contributed by atoms with van der Waals surface area (Å²) in [5.74, 6) is -0.528. The van der Waals surface area contributed by atoms with Gasteiger partial charge in [0.2, 0.25) is 5.91 Å². The van der Waals surface area contributed by atoms with Crippen LogP contribution < -0.4 is 4.90 Å². The Morgan fingerprint density at radius 1 is 1.26 bits per heavy atom. The highest BCUT2D eigenvalue weighted by Gasteiger charge is 2.34. The molecule has 1 aromatic carbocycles.